The molecule has 4 rings (SSSR count). The normalized spacial score (nSPS) is 11.3. The van der Waals surface area contributed by atoms with E-state index >= 15 is 0 Å². The smallest absolute Gasteiger partial charge is 0.233 e. The number of hydrogen-bond donors (Lipinski definition) is 1. The summed E-state index contributed by atoms with van der Waals surface area (Å²) in [7, 11) is 0. The second-order valence-corrected chi connectivity index (χ2v) is 8.45. The standard InChI is InChI=1S/C25H26N6OS.C2H6/c1-5-8-32-24-16(2)9-20(10-21(24)12-26)17(3)31-15-22(14-28-31)18-6-7-19-13-27-25(30-33-4)29-23(19)11-18;1-2/h6-7,9-11,13-15,17H,5,8H2,1-4H3,(H,27,29,30);1-2H3. The molecule has 2 aromatic heterocycles. The van der Waals surface area contributed by atoms with Crippen molar-refractivity contribution < 1.29 is 4.74 Å². The molecule has 182 valence electrons. The minimum absolute atomic E-state index is 0.0371. The maximum absolute atomic E-state index is 9.64. The van der Waals surface area contributed by atoms with Gasteiger partial charge >= 0.3 is 0 Å². The Morgan fingerprint density at radius 2 is 1.97 bits per heavy atom. The van der Waals surface area contributed by atoms with Crippen LogP contribution in [0.25, 0.3) is 22.0 Å². The molecule has 2 aromatic carbocycles. The SMILES string of the molecule is CC.CCCOc1c(C)cc(C(C)n2cc(-c3ccc4cnc(NSC)nc4c3)cn2)cc1C#N. The van der Waals surface area contributed by atoms with Gasteiger partial charge in [0.05, 0.1) is 29.9 Å². The number of nitrogens with zero attached hydrogens (tertiary/aromatic N) is 5. The van der Waals surface area contributed by atoms with Crippen molar-refractivity contribution in [3.8, 4) is 22.9 Å². The summed E-state index contributed by atoms with van der Waals surface area (Å²) < 4.78 is 10.8. The lowest BCUT2D eigenvalue weighted by Gasteiger charge is -2.17. The zero-order valence-corrected chi connectivity index (χ0v) is 22.0. The molecule has 1 N–H and O–H groups in total. The van der Waals surface area contributed by atoms with Gasteiger partial charge in [0.2, 0.25) is 5.95 Å². The Hall–Kier alpha value is -3.57. The van der Waals surface area contributed by atoms with Gasteiger partial charge in [0.15, 0.2) is 0 Å². The molecule has 0 bridgehead atoms. The van der Waals surface area contributed by atoms with Crippen molar-refractivity contribution >= 4 is 28.8 Å². The molecule has 8 heteroatoms. The highest BCUT2D eigenvalue weighted by atomic mass is 32.2. The zero-order valence-electron chi connectivity index (χ0n) is 21.2. The fraction of sp³-hybridized carbons (Fsp3) is 0.333. The predicted octanol–water partition coefficient (Wildman–Crippen LogP) is 6.79. The van der Waals surface area contributed by atoms with Crippen molar-refractivity contribution in [3.63, 3.8) is 0 Å². The number of aryl methyl sites for hydroxylation is 1. The van der Waals surface area contributed by atoms with E-state index in [0.29, 0.717) is 23.9 Å². The van der Waals surface area contributed by atoms with Crippen LogP contribution in [-0.4, -0.2) is 32.6 Å². The topological polar surface area (TPSA) is 88.7 Å². The first-order valence-corrected chi connectivity index (χ1v) is 13.0. The van der Waals surface area contributed by atoms with Crippen molar-refractivity contribution in [2.24, 2.45) is 0 Å². The number of aromatic nitrogens is 4. The summed E-state index contributed by atoms with van der Waals surface area (Å²) in [5, 5.41) is 15.2. The second kappa shape index (κ2) is 12.2. The Bertz CT molecular complexity index is 1330. The Kier molecular flexibility index (Phi) is 9.10. The maximum atomic E-state index is 9.64. The third-order valence-electron chi connectivity index (χ3n) is 5.46. The first kappa shape index (κ1) is 26.0. The minimum atomic E-state index is -0.0371. The minimum Gasteiger partial charge on any atom is -0.492 e. The molecule has 1 atom stereocenters. The van der Waals surface area contributed by atoms with Crippen LogP contribution in [0, 0.1) is 18.3 Å². The van der Waals surface area contributed by atoms with Crippen molar-refractivity contribution in [3.05, 3.63) is 65.6 Å². The highest BCUT2D eigenvalue weighted by Crippen LogP contribution is 2.30. The Labute approximate surface area is 211 Å². The molecular formula is C27H32N6OS. The van der Waals surface area contributed by atoms with E-state index in [1.807, 2.05) is 68.5 Å². The maximum Gasteiger partial charge on any atom is 0.233 e. The molecule has 0 saturated heterocycles. The molecule has 7 nitrogen and oxygen atoms in total. The molecule has 4 aromatic rings. The molecule has 1 unspecified atom stereocenters. The summed E-state index contributed by atoms with van der Waals surface area (Å²) in [6.45, 7) is 10.7. The first-order chi connectivity index (χ1) is 17.0. The average molecular weight is 489 g/mol. The van der Waals surface area contributed by atoms with E-state index in [-0.39, 0.29) is 6.04 Å². The van der Waals surface area contributed by atoms with E-state index in [9.17, 15) is 5.26 Å². The highest BCUT2D eigenvalue weighted by Gasteiger charge is 2.16. The third-order valence-corrected chi connectivity index (χ3v) is 5.84. The molecule has 0 aliphatic carbocycles. The van der Waals surface area contributed by atoms with Gasteiger partial charge in [0.1, 0.15) is 11.8 Å². The van der Waals surface area contributed by atoms with Crippen LogP contribution in [0.15, 0.2) is 48.9 Å². The molecule has 0 aliphatic rings. The number of anilines is 1. The number of nitrogens with one attached hydrogen (secondary N) is 1. The van der Waals surface area contributed by atoms with Gasteiger partial charge in [-0.05, 0) is 49.1 Å². The summed E-state index contributed by atoms with van der Waals surface area (Å²) in [4.78, 5) is 8.90. The van der Waals surface area contributed by atoms with Gasteiger partial charge in [-0.15, -0.1) is 0 Å². The van der Waals surface area contributed by atoms with Crippen LogP contribution in [-0.2, 0) is 0 Å². The van der Waals surface area contributed by atoms with E-state index < -0.39 is 0 Å². The van der Waals surface area contributed by atoms with E-state index in [0.717, 1.165) is 39.6 Å². The van der Waals surface area contributed by atoms with Crippen LogP contribution in [0.1, 0.15) is 56.8 Å². The number of nitriles is 1. The quantitative estimate of drug-likeness (QED) is 0.273. The van der Waals surface area contributed by atoms with Crippen LogP contribution >= 0.6 is 11.9 Å². The van der Waals surface area contributed by atoms with Crippen molar-refractivity contribution in [1.82, 2.24) is 19.7 Å². The van der Waals surface area contributed by atoms with Crippen LogP contribution in [0.4, 0.5) is 5.95 Å². The van der Waals surface area contributed by atoms with Crippen LogP contribution in [0.2, 0.25) is 0 Å². The number of benzene rings is 2. The van der Waals surface area contributed by atoms with Crippen molar-refractivity contribution in [1.29, 1.82) is 5.26 Å². The van der Waals surface area contributed by atoms with Gasteiger partial charge < -0.3 is 4.74 Å². The fourth-order valence-electron chi connectivity index (χ4n) is 3.72. The molecule has 2 heterocycles. The molecule has 0 radical (unpaired) electrons. The van der Waals surface area contributed by atoms with E-state index in [2.05, 4.69) is 51.8 Å². The predicted molar refractivity (Wildman–Crippen MR) is 145 cm³/mol. The van der Waals surface area contributed by atoms with E-state index in [1.165, 1.54) is 11.9 Å². The molecule has 0 aliphatic heterocycles. The monoisotopic (exact) mass is 488 g/mol. The summed E-state index contributed by atoms with van der Waals surface area (Å²) in [5.74, 6) is 1.26. The molecule has 0 amide bonds. The van der Waals surface area contributed by atoms with Gasteiger partial charge in [-0.2, -0.15) is 10.4 Å². The molecule has 0 fully saturated rings. The number of hydrogen-bond acceptors (Lipinski definition) is 7. The third kappa shape index (κ3) is 5.92. The first-order valence-electron chi connectivity index (χ1n) is 11.8. The second-order valence-electron chi connectivity index (χ2n) is 7.83. The number of ether oxygens (including phenoxy) is 1. The molecular weight excluding hydrogens is 456 g/mol. The average Bonchev–Trinajstić information content (AvgIpc) is 3.38. The van der Waals surface area contributed by atoms with Gasteiger partial charge in [0, 0.05) is 29.6 Å². The molecule has 35 heavy (non-hydrogen) atoms. The molecule has 0 saturated carbocycles. The van der Waals surface area contributed by atoms with Crippen LogP contribution in [0.5, 0.6) is 5.75 Å². The van der Waals surface area contributed by atoms with Crippen molar-refractivity contribution in [2.45, 2.75) is 47.1 Å². The summed E-state index contributed by atoms with van der Waals surface area (Å²) in [6.07, 6.45) is 8.54. The highest BCUT2D eigenvalue weighted by molar-refractivity contribution is 7.99. The van der Waals surface area contributed by atoms with Gasteiger partial charge in [-0.3, -0.25) is 9.40 Å². The Balaban J connectivity index is 0.00000167. The van der Waals surface area contributed by atoms with Gasteiger partial charge in [-0.25, -0.2) is 9.97 Å². The number of rotatable bonds is 8. The number of fused-ring (bicyclic) bond motifs is 1. The summed E-state index contributed by atoms with van der Waals surface area (Å²) >= 11 is 1.46. The zero-order chi connectivity index (χ0) is 25.4. The fourth-order valence-corrected chi connectivity index (χ4v) is 4.00. The van der Waals surface area contributed by atoms with Gasteiger partial charge in [0.25, 0.3) is 0 Å². The Morgan fingerprint density at radius 3 is 2.69 bits per heavy atom. The van der Waals surface area contributed by atoms with E-state index in [4.69, 9.17) is 4.74 Å². The largest absolute Gasteiger partial charge is 0.492 e. The lowest BCUT2D eigenvalue weighted by atomic mass is 10.0. The molecule has 0 spiro atoms. The lowest BCUT2D eigenvalue weighted by molar-refractivity contribution is 0.314. The van der Waals surface area contributed by atoms with Crippen LogP contribution in [0.3, 0.4) is 0 Å². The van der Waals surface area contributed by atoms with Crippen molar-refractivity contribution in [2.75, 3.05) is 17.6 Å². The van der Waals surface area contributed by atoms with E-state index in [1.54, 1.807) is 0 Å². The lowest BCUT2D eigenvalue weighted by Crippen LogP contribution is -2.09. The summed E-state index contributed by atoms with van der Waals surface area (Å²) in [6, 6.07) is 12.3. The Morgan fingerprint density at radius 1 is 1.17 bits per heavy atom. The van der Waals surface area contributed by atoms with Gasteiger partial charge in [-0.1, -0.05) is 50.9 Å². The summed E-state index contributed by atoms with van der Waals surface area (Å²) in [5.41, 5.74) is 5.44. The van der Waals surface area contributed by atoms with Crippen LogP contribution < -0.4 is 9.46 Å².